The Morgan fingerprint density at radius 3 is 2.84 bits per heavy atom. The highest BCUT2D eigenvalue weighted by Crippen LogP contribution is 2.12. The third-order valence-electron chi connectivity index (χ3n) is 2.69. The fourth-order valence-electron chi connectivity index (χ4n) is 1.83. The van der Waals surface area contributed by atoms with Gasteiger partial charge in [0.15, 0.2) is 0 Å². The van der Waals surface area contributed by atoms with Crippen molar-refractivity contribution in [1.29, 1.82) is 0 Å². The number of nitrogens with one attached hydrogen (secondary N) is 1. The molecule has 6 nitrogen and oxygen atoms in total. The second kappa shape index (κ2) is 7.25. The summed E-state index contributed by atoms with van der Waals surface area (Å²) in [5, 5.41) is 3.29. The zero-order valence-electron chi connectivity index (χ0n) is 11.5. The molecule has 0 bridgehead atoms. The van der Waals surface area contributed by atoms with Crippen molar-refractivity contribution in [3.63, 3.8) is 0 Å². The van der Waals surface area contributed by atoms with Gasteiger partial charge in [0.2, 0.25) is 11.8 Å². The lowest BCUT2D eigenvalue weighted by Gasteiger charge is -2.28. The van der Waals surface area contributed by atoms with Crippen LogP contribution in [0.3, 0.4) is 0 Å². The van der Waals surface area contributed by atoms with E-state index < -0.39 is 0 Å². The smallest absolute Gasteiger partial charge is 0.235 e. The van der Waals surface area contributed by atoms with Crippen molar-refractivity contribution in [2.24, 2.45) is 0 Å². The molecular weight excluding hydrogens is 246 g/mol. The van der Waals surface area contributed by atoms with E-state index in [1.54, 1.807) is 12.4 Å². The average Bonchev–Trinajstić information content (AvgIpc) is 2.43. The molecule has 2 atom stereocenters. The summed E-state index contributed by atoms with van der Waals surface area (Å²) >= 11 is 0. The van der Waals surface area contributed by atoms with Crippen LogP contribution in [0.25, 0.3) is 0 Å². The standard InChI is InChI=1S/C13H21N3O3/c1-3-4-17-12-7-15-8-13(16-12)18-9-11-6-14-5-10(2)19-11/h7-8,10-11,14H,3-6,9H2,1-2H3. The maximum absolute atomic E-state index is 5.74. The van der Waals surface area contributed by atoms with Crippen molar-refractivity contribution in [2.75, 3.05) is 26.3 Å². The van der Waals surface area contributed by atoms with Crippen LogP contribution in [0.4, 0.5) is 0 Å². The summed E-state index contributed by atoms with van der Waals surface area (Å²) in [6.07, 6.45) is 4.37. The molecule has 0 radical (unpaired) electrons. The first-order valence-electron chi connectivity index (χ1n) is 6.71. The van der Waals surface area contributed by atoms with Gasteiger partial charge in [-0.1, -0.05) is 6.92 Å². The van der Waals surface area contributed by atoms with Gasteiger partial charge in [-0.25, -0.2) is 0 Å². The van der Waals surface area contributed by atoms with E-state index in [1.165, 1.54) is 0 Å². The molecule has 2 heterocycles. The van der Waals surface area contributed by atoms with Gasteiger partial charge in [-0.2, -0.15) is 4.98 Å². The van der Waals surface area contributed by atoms with Crippen molar-refractivity contribution in [3.05, 3.63) is 12.4 Å². The van der Waals surface area contributed by atoms with Crippen LogP contribution in [0.5, 0.6) is 11.8 Å². The van der Waals surface area contributed by atoms with Crippen molar-refractivity contribution in [2.45, 2.75) is 32.5 Å². The summed E-state index contributed by atoms with van der Waals surface area (Å²) in [5.41, 5.74) is 0. The van der Waals surface area contributed by atoms with Gasteiger partial charge in [0.05, 0.1) is 25.1 Å². The molecule has 1 aromatic heterocycles. The Morgan fingerprint density at radius 1 is 1.32 bits per heavy atom. The molecule has 0 spiro atoms. The summed E-state index contributed by atoms with van der Waals surface area (Å²) in [6, 6.07) is 0. The summed E-state index contributed by atoms with van der Waals surface area (Å²) in [4.78, 5) is 8.28. The van der Waals surface area contributed by atoms with Gasteiger partial charge >= 0.3 is 0 Å². The summed E-state index contributed by atoms with van der Waals surface area (Å²) in [5.74, 6) is 0.964. The second-order valence-electron chi connectivity index (χ2n) is 4.58. The van der Waals surface area contributed by atoms with Crippen molar-refractivity contribution in [1.82, 2.24) is 15.3 Å². The number of ether oxygens (including phenoxy) is 3. The summed E-state index contributed by atoms with van der Waals surface area (Å²) < 4.78 is 16.7. The first-order chi connectivity index (χ1) is 9.28. The molecule has 6 heteroatoms. The van der Waals surface area contributed by atoms with Crippen LogP contribution in [0.15, 0.2) is 12.4 Å². The van der Waals surface area contributed by atoms with Crippen LogP contribution in [-0.4, -0.2) is 48.5 Å². The third-order valence-corrected chi connectivity index (χ3v) is 2.69. The van der Waals surface area contributed by atoms with Crippen LogP contribution in [0, 0.1) is 0 Å². The highest BCUT2D eigenvalue weighted by atomic mass is 16.5. The minimum Gasteiger partial charge on any atom is -0.477 e. The monoisotopic (exact) mass is 267 g/mol. The predicted octanol–water partition coefficient (Wildman–Crippen LogP) is 1.02. The molecule has 2 unspecified atom stereocenters. The maximum Gasteiger partial charge on any atom is 0.235 e. The molecular formula is C13H21N3O3. The number of hydrogen-bond donors (Lipinski definition) is 1. The topological polar surface area (TPSA) is 65.5 Å². The van der Waals surface area contributed by atoms with Gasteiger partial charge in [-0.05, 0) is 13.3 Å². The van der Waals surface area contributed by atoms with Gasteiger partial charge in [0.25, 0.3) is 0 Å². The Labute approximate surface area is 113 Å². The zero-order valence-corrected chi connectivity index (χ0v) is 11.5. The predicted molar refractivity (Wildman–Crippen MR) is 70.5 cm³/mol. The molecule has 106 valence electrons. The molecule has 0 amide bonds. The minimum atomic E-state index is 0.0470. The van der Waals surface area contributed by atoms with Crippen molar-refractivity contribution < 1.29 is 14.2 Å². The largest absolute Gasteiger partial charge is 0.477 e. The lowest BCUT2D eigenvalue weighted by Crippen LogP contribution is -2.45. The molecule has 1 saturated heterocycles. The van der Waals surface area contributed by atoms with Crippen LogP contribution in [0.2, 0.25) is 0 Å². The van der Waals surface area contributed by atoms with Gasteiger partial charge in [-0.15, -0.1) is 0 Å². The molecule has 0 aromatic carbocycles. The Bertz CT molecular complexity index is 389. The first-order valence-corrected chi connectivity index (χ1v) is 6.71. The van der Waals surface area contributed by atoms with Crippen molar-refractivity contribution >= 4 is 0 Å². The zero-order chi connectivity index (χ0) is 13.5. The summed E-state index contributed by atoms with van der Waals surface area (Å²) in [6.45, 7) is 6.86. The van der Waals surface area contributed by atoms with Gasteiger partial charge < -0.3 is 19.5 Å². The number of morpholine rings is 1. The number of rotatable bonds is 6. The molecule has 1 aromatic rings. The van der Waals surface area contributed by atoms with Gasteiger partial charge in [0.1, 0.15) is 12.7 Å². The Hall–Kier alpha value is -1.40. The van der Waals surface area contributed by atoms with Crippen LogP contribution >= 0.6 is 0 Å². The van der Waals surface area contributed by atoms with E-state index in [4.69, 9.17) is 14.2 Å². The van der Waals surface area contributed by atoms with Crippen molar-refractivity contribution in [3.8, 4) is 11.8 Å². The highest BCUT2D eigenvalue weighted by molar-refractivity contribution is 5.12. The molecule has 19 heavy (non-hydrogen) atoms. The molecule has 0 saturated carbocycles. The van der Waals surface area contributed by atoms with E-state index in [0.717, 1.165) is 19.5 Å². The Morgan fingerprint density at radius 2 is 2.11 bits per heavy atom. The quantitative estimate of drug-likeness (QED) is 0.830. The second-order valence-corrected chi connectivity index (χ2v) is 4.58. The third kappa shape index (κ3) is 4.65. The van der Waals surface area contributed by atoms with Crippen LogP contribution in [0.1, 0.15) is 20.3 Å². The highest BCUT2D eigenvalue weighted by Gasteiger charge is 2.19. The number of hydrogen-bond acceptors (Lipinski definition) is 6. The molecule has 1 aliphatic heterocycles. The van der Waals surface area contributed by atoms with E-state index in [9.17, 15) is 0 Å². The Balaban J connectivity index is 1.81. The van der Waals surface area contributed by atoms with Gasteiger partial charge in [-0.3, -0.25) is 4.98 Å². The molecule has 1 aliphatic rings. The van der Waals surface area contributed by atoms with Crippen LogP contribution in [-0.2, 0) is 4.74 Å². The van der Waals surface area contributed by atoms with E-state index in [-0.39, 0.29) is 12.2 Å². The van der Waals surface area contributed by atoms with E-state index in [2.05, 4.69) is 15.3 Å². The van der Waals surface area contributed by atoms with E-state index in [1.807, 2.05) is 13.8 Å². The maximum atomic E-state index is 5.74. The number of nitrogens with zero attached hydrogens (tertiary/aromatic N) is 2. The van der Waals surface area contributed by atoms with E-state index in [0.29, 0.717) is 25.0 Å². The SMILES string of the molecule is CCCOc1cncc(OCC2CNCC(C)O2)n1. The molecule has 1 fully saturated rings. The van der Waals surface area contributed by atoms with E-state index >= 15 is 0 Å². The van der Waals surface area contributed by atoms with Crippen LogP contribution < -0.4 is 14.8 Å². The molecule has 2 rings (SSSR count). The molecule has 1 N–H and O–H groups in total. The van der Waals surface area contributed by atoms with Gasteiger partial charge in [0, 0.05) is 13.1 Å². The minimum absolute atomic E-state index is 0.0470. The Kier molecular flexibility index (Phi) is 5.35. The average molecular weight is 267 g/mol. The lowest BCUT2D eigenvalue weighted by molar-refractivity contribution is -0.0477. The first kappa shape index (κ1) is 14.0. The normalized spacial score (nSPS) is 23.1. The fourth-order valence-corrected chi connectivity index (χ4v) is 1.83. The lowest BCUT2D eigenvalue weighted by atomic mass is 10.2. The summed E-state index contributed by atoms with van der Waals surface area (Å²) in [7, 11) is 0. The number of aromatic nitrogens is 2. The fraction of sp³-hybridized carbons (Fsp3) is 0.692. The molecule has 0 aliphatic carbocycles.